The molecular weight excluding hydrogens is 311 g/mol. The second-order valence-corrected chi connectivity index (χ2v) is 5.35. The fourth-order valence-electron chi connectivity index (χ4n) is 2.46. The smallest absolute Gasteiger partial charge is 0.391 e. The van der Waals surface area contributed by atoms with Crippen molar-refractivity contribution in [2.45, 2.75) is 31.5 Å². The van der Waals surface area contributed by atoms with Gasteiger partial charge in [0.15, 0.2) is 11.5 Å². The third-order valence-electron chi connectivity index (χ3n) is 3.52. The highest BCUT2D eigenvalue weighted by Gasteiger charge is 2.33. The molecule has 23 heavy (non-hydrogen) atoms. The van der Waals surface area contributed by atoms with Gasteiger partial charge < -0.3 is 14.2 Å². The first kappa shape index (κ1) is 17.6. The summed E-state index contributed by atoms with van der Waals surface area (Å²) in [4.78, 5) is 3.99. The number of nitrogens with zero attached hydrogens (tertiary/aromatic N) is 1. The first-order valence-electron chi connectivity index (χ1n) is 7.35. The Morgan fingerprint density at radius 1 is 1.17 bits per heavy atom. The quantitative estimate of drug-likeness (QED) is 0.719. The molecule has 1 heterocycles. The van der Waals surface area contributed by atoms with Crippen molar-refractivity contribution < 1.29 is 27.4 Å². The predicted octanol–water partition coefficient (Wildman–Crippen LogP) is 3.41. The molecule has 0 saturated heterocycles. The van der Waals surface area contributed by atoms with Gasteiger partial charge >= 0.3 is 6.18 Å². The number of hydrogen-bond donors (Lipinski definition) is 0. The van der Waals surface area contributed by atoms with Crippen LogP contribution in [0.3, 0.4) is 0 Å². The van der Waals surface area contributed by atoms with Crippen molar-refractivity contribution in [3.63, 3.8) is 0 Å². The van der Waals surface area contributed by atoms with Gasteiger partial charge in [-0.3, -0.25) is 4.99 Å². The maximum absolute atomic E-state index is 12.5. The minimum Gasteiger partial charge on any atom is -0.493 e. The van der Waals surface area contributed by atoms with E-state index in [2.05, 4.69) is 4.99 Å². The van der Waals surface area contributed by atoms with E-state index >= 15 is 0 Å². The lowest BCUT2D eigenvalue weighted by molar-refractivity contribution is -0.137. The summed E-state index contributed by atoms with van der Waals surface area (Å²) in [5, 5.41) is 0. The van der Waals surface area contributed by atoms with Crippen LogP contribution in [0.2, 0.25) is 0 Å². The molecule has 4 nitrogen and oxygen atoms in total. The standard InChI is InChI=1S/C16H20F3NO3/c1-21-4-3-5-23-15-7-11-6-13(9-16(17,18)19)20-10-12(11)8-14(15)22-2/h7-8,10,13H,3-6,9H2,1-2H3. The van der Waals surface area contributed by atoms with E-state index in [9.17, 15) is 13.2 Å². The van der Waals surface area contributed by atoms with Gasteiger partial charge in [0.05, 0.1) is 26.2 Å². The van der Waals surface area contributed by atoms with E-state index in [4.69, 9.17) is 14.2 Å². The second kappa shape index (κ2) is 7.68. The molecule has 0 spiro atoms. The summed E-state index contributed by atoms with van der Waals surface area (Å²) < 4.78 is 53.5. The zero-order chi connectivity index (χ0) is 16.9. The zero-order valence-electron chi connectivity index (χ0n) is 13.2. The number of rotatable bonds is 7. The largest absolute Gasteiger partial charge is 0.493 e. The van der Waals surface area contributed by atoms with Crippen LogP contribution in [0.1, 0.15) is 24.0 Å². The molecule has 0 aliphatic carbocycles. The molecule has 1 unspecified atom stereocenters. The molecule has 1 aromatic rings. The minimum atomic E-state index is -4.22. The molecule has 128 valence electrons. The Morgan fingerprint density at radius 2 is 1.96 bits per heavy atom. The summed E-state index contributed by atoms with van der Waals surface area (Å²) in [5.41, 5.74) is 1.56. The van der Waals surface area contributed by atoms with Crippen molar-refractivity contribution in [1.82, 2.24) is 0 Å². The molecule has 0 amide bonds. The summed E-state index contributed by atoms with van der Waals surface area (Å²) >= 11 is 0. The van der Waals surface area contributed by atoms with Crippen LogP contribution in [-0.4, -0.2) is 45.9 Å². The van der Waals surface area contributed by atoms with Gasteiger partial charge in [-0.05, 0) is 29.7 Å². The van der Waals surface area contributed by atoms with E-state index in [1.807, 2.05) is 0 Å². The highest BCUT2D eigenvalue weighted by atomic mass is 19.4. The molecule has 0 aromatic heterocycles. The monoisotopic (exact) mass is 331 g/mol. The van der Waals surface area contributed by atoms with Gasteiger partial charge in [-0.15, -0.1) is 0 Å². The molecule has 0 bridgehead atoms. The molecule has 2 rings (SSSR count). The Bertz CT molecular complexity index is 558. The van der Waals surface area contributed by atoms with Crippen LogP contribution in [0.4, 0.5) is 13.2 Å². The Hall–Kier alpha value is -1.76. The molecule has 1 aliphatic rings. The lowest BCUT2D eigenvalue weighted by Crippen LogP contribution is -2.23. The summed E-state index contributed by atoms with van der Waals surface area (Å²) in [5.74, 6) is 1.07. The van der Waals surface area contributed by atoms with E-state index in [1.54, 1.807) is 19.2 Å². The van der Waals surface area contributed by atoms with Gasteiger partial charge in [-0.1, -0.05) is 0 Å². The number of benzene rings is 1. The Kier molecular flexibility index (Phi) is 5.87. The summed E-state index contributed by atoms with van der Waals surface area (Å²) in [7, 11) is 3.13. The van der Waals surface area contributed by atoms with E-state index in [-0.39, 0.29) is 6.42 Å². The molecule has 7 heteroatoms. The lowest BCUT2D eigenvalue weighted by atomic mass is 9.95. The zero-order valence-corrected chi connectivity index (χ0v) is 13.2. The van der Waals surface area contributed by atoms with Crippen molar-refractivity contribution in [2.75, 3.05) is 27.4 Å². The Labute approximate surface area is 133 Å². The van der Waals surface area contributed by atoms with Gasteiger partial charge in [-0.2, -0.15) is 13.2 Å². The van der Waals surface area contributed by atoms with Crippen LogP contribution in [-0.2, 0) is 11.2 Å². The molecule has 1 aliphatic heterocycles. The van der Waals surface area contributed by atoms with Crippen LogP contribution < -0.4 is 9.47 Å². The van der Waals surface area contributed by atoms with Crippen molar-refractivity contribution in [3.05, 3.63) is 23.3 Å². The number of methoxy groups -OCH3 is 2. The fraction of sp³-hybridized carbons (Fsp3) is 0.562. The maximum atomic E-state index is 12.5. The Morgan fingerprint density at radius 3 is 2.61 bits per heavy atom. The van der Waals surface area contributed by atoms with Crippen LogP contribution in [0.15, 0.2) is 17.1 Å². The third kappa shape index (κ3) is 5.13. The molecule has 0 N–H and O–H groups in total. The first-order chi connectivity index (χ1) is 10.9. The number of ether oxygens (including phenoxy) is 3. The summed E-state index contributed by atoms with van der Waals surface area (Å²) in [6.07, 6.45) is -2.70. The first-order valence-corrected chi connectivity index (χ1v) is 7.35. The normalized spacial score (nSPS) is 17.0. The molecule has 1 aromatic carbocycles. The van der Waals surface area contributed by atoms with Crippen molar-refractivity contribution >= 4 is 6.21 Å². The van der Waals surface area contributed by atoms with Gasteiger partial charge in [0.1, 0.15) is 0 Å². The maximum Gasteiger partial charge on any atom is 0.391 e. The summed E-state index contributed by atoms with van der Waals surface area (Å²) in [6, 6.07) is 2.71. The number of hydrogen-bond acceptors (Lipinski definition) is 4. The molecule has 0 fully saturated rings. The van der Waals surface area contributed by atoms with Gasteiger partial charge in [0.25, 0.3) is 0 Å². The van der Waals surface area contributed by atoms with Crippen molar-refractivity contribution in [2.24, 2.45) is 4.99 Å². The molecular formula is C16H20F3NO3. The second-order valence-electron chi connectivity index (χ2n) is 5.35. The van der Waals surface area contributed by atoms with E-state index in [1.165, 1.54) is 13.3 Å². The molecule has 0 radical (unpaired) electrons. The van der Waals surface area contributed by atoms with Crippen LogP contribution in [0.25, 0.3) is 0 Å². The van der Waals surface area contributed by atoms with Crippen molar-refractivity contribution in [1.29, 1.82) is 0 Å². The average molecular weight is 331 g/mol. The van der Waals surface area contributed by atoms with E-state index in [0.29, 0.717) is 24.7 Å². The SMILES string of the molecule is COCCCOc1cc2c(cc1OC)C=NC(CC(F)(F)F)C2. The Balaban J connectivity index is 2.12. The topological polar surface area (TPSA) is 40.0 Å². The van der Waals surface area contributed by atoms with Gasteiger partial charge in [-0.25, -0.2) is 0 Å². The molecule has 1 atom stereocenters. The van der Waals surface area contributed by atoms with E-state index < -0.39 is 18.6 Å². The number of halogens is 3. The van der Waals surface area contributed by atoms with Crippen molar-refractivity contribution in [3.8, 4) is 11.5 Å². The molecule has 0 saturated carbocycles. The minimum absolute atomic E-state index is 0.240. The summed E-state index contributed by atoms with van der Waals surface area (Å²) in [6.45, 7) is 1.02. The highest BCUT2D eigenvalue weighted by Crippen LogP contribution is 2.34. The van der Waals surface area contributed by atoms with Crippen LogP contribution in [0.5, 0.6) is 11.5 Å². The number of aliphatic imine (C=N–C) groups is 1. The van der Waals surface area contributed by atoms with Gasteiger partial charge in [0, 0.05) is 26.4 Å². The fourth-order valence-corrected chi connectivity index (χ4v) is 2.46. The number of alkyl halides is 3. The average Bonchev–Trinajstić information content (AvgIpc) is 2.49. The number of fused-ring (bicyclic) bond motifs is 1. The predicted molar refractivity (Wildman–Crippen MR) is 80.7 cm³/mol. The van der Waals surface area contributed by atoms with Crippen LogP contribution in [0, 0.1) is 0 Å². The van der Waals surface area contributed by atoms with Crippen LogP contribution >= 0.6 is 0 Å². The lowest BCUT2D eigenvalue weighted by Gasteiger charge is -2.22. The third-order valence-corrected chi connectivity index (χ3v) is 3.52. The van der Waals surface area contributed by atoms with Gasteiger partial charge in [0.2, 0.25) is 0 Å². The van der Waals surface area contributed by atoms with E-state index in [0.717, 1.165) is 17.5 Å². The highest BCUT2D eigenvalue weighted by molar-refractivity contribution is 5.84.